The maximum atomic E-state index is 13.0. The summed E-state index contributed by atoms with van der Waals surface area (Å²) in [5.41, 5.74) is -5.31. The summed E-state index contributed by atoms with van der Waals surface area (Å²) in [6.07, 6.45) is -8.35. The summed E-state index contributed by atoms with van der Waals surface area (Å²) >= 11 is 11.8. The maximum Gasteiger partial charge on any atom is 0.434 e. The predicted molar refractivity (Wildman–Crippen MR) is 95.0 cm³/mol. The highest BCUT2D eigenvalue weighted by Crippen LogP contribution is 2.42. The molecule has 164 valence electrons. The Balaban J connectivity index is 2.08. The van der Waals surface area contributed by atoms with Gasteiger partial charge in [0.25, 0.3) is 0 Å². The van der Waals surface area contributed by atoms with Gasteiger partial charge in [-0.1, -0.05) is 23.2 Å². The standard InChI is InChI=1S/C16H12Cl2F6N4O2/c1-14(30,16(22,23)24)7-2-9(17)12(10(18)3-7)28-13(29)27-5-8-4-26-11(6-25-8)15(19,20)21/h2-4,6,30H,5H2,1H3,(H2,27,28,29). The third-order valence-electron chi connectivity index (χ3n) is 3.82. The van der Waals surface area contributed by atoms with E-state index in [-0.39, 0.29) is 28.0 Å². The molecule has 30 heavy (non-hydrogen) atoms. The zero-order valence-electron chi connectivity index (χ0n) is 14.8. The van der Waals surface area contributed by atoms with Crippen LogP contribution in [0.1, 0.15) is 23.9 Å². The Labute approximate surface area is 175 Å². The van der Waals surface area contributed by atoms with Crippen LogP contribution in [0.2, 0.25) is 10.0 Å². The Kier molecular flexibility index (Phi) is 6.74. The van der Waals surface area contributed by atoms with E-state index in [1.165, 1.54) is 0 Å². The van der Waals surface area contributed by atoms with E-state index < -0.39 is 35.2 Å². The van der Waals surface area contributed by atoms with Gasteiger partial charge < -0.3 is 15.7 Å². The number of urea groups is 1. The van der Waals surface area contributed by atoms with Crippen LogP contribution in [0.25, 0.3) is 0 Å². The monoisotopic (exact) mass is 476 g/mol. The van der Waals surface area contributed by atoms with Gasteiger partial charge >= 0.3 is 18.4 Å². The number of halogens is 8. The van der Waals surface area contributed by atoms with Gasteiger partial charge in [-0.15, -0.1) is 0 Å². The number of alkyl halides is 6. The lowest BCUT2D eigenvalue weighted by Gasteiger charge is -2.27. The van der Waals surface area contributed by atoms with Crippen molar-refractivity contribution >= 4 is 34.9 Å². The van der Waals surface area contributed by atoms with Crippen molar-refractivity contribution in [3.63, 3.8) is 0 Å². The number of carbonyl (C=O) groups excluding carboxylic acids is 1. The summed E-state index contributed by atoms with van der Waals surface area (Å²) in [5.74, 6) is 0. The van der Waals surface area contributed by atoms with Crippen LogP contribution in [0, 0.1) is 0 Å². The van der Waals surface area contributed by atoms with Crippen LogP contribution in [-0.2, 0) is 18.3 Å². The number of nitrogens with one attached hydrogen (secondary N) is 2. The molecule has 0 fully saturated rings. The molecule has 1 unspecified atom stereocenters. The Morgan fingerprint density at radius 1 is 1.07 bits per heavy atom. The third-order valence-corrected chi connectivity index (χ3v) is 4.42. The SMILES string of the molecule is CC(O)(c1cc(Cl)c(NC(=O)NCc2cnc(C(F)(F)F)cn2)c(Cl)c1)C(F)(F)F. The molecule has 0 radical (unpaired) electrons. The largest absolute Gasteiger partial charge is 0.434 e. The smallest absolute Gasteiger partial charge is 0.376 e. The number of amides is 2. The van der Waals surface area contributed by atoms with Crippen LogP contribution >= 0.6 is 23.2 Å². The predicted octanol–water partition coefficient (Wildman–Crippen LogP) is 4.89. The van der Waals surface area contributed by atoms with E-state index in [4.69, 9.17) is 23.2 Å². The summed E-state index contributed by atoms with van der Waals surface area (Å²) in [7, 11) is 0. The van der Waals surface area contributed by atoms with Crippen LogP contribution in [-0.4, -0.2) is 27.3 Å². The number of benzene rings is 1. The second-order valence-electron chi connectivity index (χ2n) is 6.08. The zero-order chi connectivity index (χ0) is 22.9. The minimum atomic E-state index is -5.01. The molecule has 1 aromatic carbocycles. The van der Waals surface area contributed by atoms with E-state index in [9.17, 15) is 36.2 Å². The Morgan fingerprint density at radius 3 is 2.07 bits per heavy atom. The van der Waals surface area contributed by atoms with E-state index in [0.717, 1.165) is 18.3 Å². The second-order valence-corrected chi connectivity index (χ2v) is 6.90. The van der Waals surface area contributed by atoms with Gasteiger partial charge in [0, 0.05) is 0 Å². The molecule has 0 bridgehead atoms. The van der Waals surface area contributed by atoms with E-state index in [1.807, 2.05) is 0 Å². The van der Waals surface area contributed by atoms with Crippen LogP contribution < -0.4 is 10.6 Å². The van der Waals surface area contributed by atoms with E-state index in [2.05, 4.69) is 20.6 Å². The molecule has 0 aliphatic carbocycles. The van der Waals surface area contributed by atoms with Crippen molar-refractivity contribution in [3.8, 4) is 0 Å². The molecule has 1 aromatic heterocycles. The molecule has 2 aromatic rings. The van der Waals surface area contributed by atoms with Gasteiger partial charge in [0.15, 0.2) is 11.3 Å². The average molecular weight is 477 g/mol. The lowest BCUT2D eigenvalue weighted by Crippen LogP contribution is -2.39. The molecule has 1 atom stereocenters. The molecule has 6 nitrogen and oxygen atoms in total. The average Bonchev–Trinajstić information content (AvgIpc) is 2.61. The highest BCUT2D eigenvalue weighted by Gasteiger charge is 2.51. The fourth-order valence-electron chi connectivity index (χ4n) is 2.06. The summed E-state index contributed by atoms with van der Waals surface area (Å²) in [4.78, 5) is 18.6. The van der Waals surface area contributed by atoms with Gasteiger partial charge in [0.2, 0.25) is 0 Å². The van der Waals surface area contributed by atoms with Crippen LogP contribution in [0.15, 0.2) is 24.5 Å². The van der Waals surface area contributed by atoms with Crippen molar-refractivity contribution in [2.24, 2.45) is 0 Å². The fraction of sp³-hybridized carbons (Fsp3) is 0.312. The molecule has 0 saturated heterocycles. The summed E-state index contributed by atoms with van der Waals surface area (Å²) in [6.45, 7) is 0.201. The molecule has 14 heteroatoms. The highest BCUT2D eigenvalue weighted by molar-refractivity contribution is 6.39. The molecule has 2 rings (SSSR count). The van der Waals surface area contributed by atoms with E-state index in [1.54, 1.807) is 0 Å². The first kappa shape index (κ1) is 24.0. The van der Waals surface area contributed by atoms with E-state index >= 15 is 0 Å². The van der Waals surface area contributed by atoms with Crippen LogP contribution in [0.5, 0.6) is 0 Å². The number of nitrogens with zero attached hydrogens (tertiary/aromatic N) is 2. The molecule has 0 saturated carbocycles. The summed E-state index contributed by atoms with van der Waals surface area (Å²) < 4.78 is 76.2. The zero-order valence-corrected chi connectivity index (χ0v) is 16.3. The Hall–Kier alpha value is -2.31. The number of hydrogen-bond donors (Lipinski definition) is 3. The Morgan fingerprint density at radius 2 is 1.63 bits per heavy atom. The fourth-order valence-corrected chi connectivity index (χ4v) is 2.64. The van der Waals surface area contributed by atoms with Crippen molar-refractivity contribution in [2.45, 2.75) is 31.4 Å². The Bertz CT molecular complexity index is 910. The third kappa shape index (κ3) is 5.43. The highest BCUT2D eigenvalue weighted by atomic mass is 35.5. The van der Waals surface area contributed by atoms with E-state index in [0.29, 0.717) is 13.1 Å². The van der Waals surface area contributed by atoms with Crippen molar-refractivity contribution in [1.29, 1.82) is 0 Å². The number of aromatic nitrogens is 2. The van der Waals surface area contributed by atoms with Crippen molar-refractivity contribution in [1.82, 2.24) is 15.3 Å². The molecule has 0 aliphatic heterocycles. The summed E-state index contributed by atoms with van der Waals surface area (Å²) in [5, 5.41) is 13.4. The van der Waals surface area contributed by atoms with Gasteiger partial charge in [-0.25, -0.2) is 9.78 Å². The lowest BCUT2D eigenvalue weighted by atomic mass is 9.95. The van der Waals surface area contributed by atoms with Crippen molar-refractivity contribution < 1.29 is 36.2 Å². The minimum Gasteiger partial charge on any atom is -0.376 e. The topological polar surface area (TPSA) is 87.1 Å². The maximum absolute atomic E-state index is 13.0. The minimum absolute atomic E-state index is 0.00640. The molecule has 1 heterocycles. The molecular weight excluding hydrogens is 465 g/mol. The van der Waals surface area contributed by atoms with Crippen molar-refractivity contribution in [3.05, 3.63) is 51.5 Å². The molecular formula is C16H12Cl2F6N4O2. The number of carbonyl (C=O) groups is 1. The number of rotatable bonds is 4. The normalized spacial score (nSPS) is 14.2. The van der Waals surface area contributed by atoms with Gasteiger partial charge in [0.05, 0.1) is 40.4 Å². The van der Waals surface area contributed by atoms with Crippen LogP contribution in [0.3, 0.4) is 0 Å². The lowest BCUT2D eigenvalue weighted by molar-refractivity contribution is -0.258. The molecule has 0 spiro atoms. The summed E-state index contributed by atoms with van der Waals surface area (Å²) in [6, 6.07) is 0.659. The molecule has 3 N–H and O–H groups in total. The number of aliphatic hydroxyl groups is 1. The molecule has 0 aliphatic rings. The number of anilines is 1. The van der Waals surface area contributed by atoms with Crippen molar-refractivity contribution in [2.75, 3.05) is 5.32 Å². The number of hydrogen-bond acceptors (Lipinski definition) is 4. The first-order valence-electron chi connectivity index (χ1n) is 7.84. The van der Waals surface area contributed by atoms with Gasteiger partial charge in [0.1, 0.15) is 0 Å². The van der Waals surface area contributed by atoms with Gasteiger partial charge in [-0.2, -0.15) is 26.3 Å². The molecule has 2 amide bonds. The first-order chi connectivity index (χ1) is 13.6. The van der Waals surface area contributed by atoms with Gasteiger partial charge in [-0.3, -0.25) is 4.98 Å². The van der Waals surface area contributed by atoms with Crippen LogP contribution in [0.4, 0.5) is 36.8 Å². The first-order valence-corrected chi connectivity index (χ1v) is 8.60. The quantitative estimate of drug-likeness (QED) is 0.548. The van der Waals surface area contributed by atoms with Gasteiger partial charge in [-0.05, 0) is 24.6 Å². The second kappa shape index (κ2) is 8.44.